The second kappa shape index (κ2) is 5.60. The standard InChI is InChI=1S/C16H17NO4/c1-2-12-8-9-14(13-10-20-16(19)17(12)13)21-15(18)11-6-4-3-5-7-11/h2-7,12-14H,1,8-10H2/t12-,13-,14+/m1/s1. The number of benzene rings is 1. The lowest BCUT2D eigenvalue weighted by Gasteiger charge is -2.38. The Labute approximate surface area is 123 Å². The van der Waals surface area contributed by atoms with Gasteiger partial charge in [0.25, 0.3) is 0 Å². The fourth-order valence-electron chi connectivity index (χ4n) is 2.93. The summed E-state index contributed by atoms with van der Waals surface area (Å²) in [6, 6.07) is 8.59. The largest absolute Gasteiger partial charge is 0.456 e. The van der Waals surface area contributed by atoms with E-state index in [0.717, 1.165) is 6.42 Å². The third-order valence-electron chi connectivity index (χ3n) is 4.02. The summed E-state index contributed by atoms with van der Waals surface area (Å²) in [6.45, 7) is 4.02. The molecule has 3 atom stereocenters. The zero-order valence-electron chi connectivity index (χ0n) is 11.6. The summed E-state index contributed by atoms with van der Waals surface area (Å²) in [7, 11) is 0. The van der Waals surface area contributed by atoms with Crippen LogP contribution in [-0.2, 0) is 9.47 Å². The quantitative estimate of drug-likeness (QED) is 0.632. The van der Waals surface area contributed by atoms with E-state index >= 15 is 0 Å². The summed E-state index contributed by atoms with van der Waals surface area (Å²) in [6.07, 6.45) is 2.48. The minimum absolute atomic E-state index is 0.0447. The molecule has 5 heteroatoms. The van der Waals surface area contributed by atoms with Crippen molar-refractivity contribution in [3.8, 4) is 0 Å². The number of esters is 1. The molecule has 0 radical (unpaired) electrons. The van der Waals surface area contributed by atoms with Crippen LogP contribution in [0.15, 0.2) is 43.0 Å². The smallest absolute Gasteiger partial charge is 0.410 e. The van der Waals surface area contributed by atoms with Crippen LogP contribution in [0.1, 0.15) is 23.2 Å². The first-order chi connectivity index (χ1) is 10.2. The minimum atomic E-state index is -0.364. The van der Waals surface area contributed by atoms with Gasteiger partial charge in [0, 0.05) is 0 Å². The van der Waals surface area contributed by atoms with Gasteiger partial charge in [-0.3, -0.25) is 4.90 Å². The van der Waals surface area contributed by atoms with Gasteiger partial charge in [-0.2, -0.15) is 0 Å². The molecule has 5 nitrogen and oxygen atoms in total. The maximum absolute atomic E-state index is 12.1. The van der Waals surface area contributed by atoms with Crippen molar-refractivity contribution in [3.63, 3.8) is 0 Å². The van der Waals surface area contributed by atoms with Crippen LogP contribution in [0.4, 0.5) is 4.79 Å². The van der Waals surface area contributed by atoms with Gasteiger partial charge in [0.1, 0.15) is 18.8 Å². The predicted octanol–water partition coefficient (Wildman–Crippen LogP) is 2.38. The van der Waals surface area contributed by atoms with Crippen molar-refractivity contribution in [2.24, 2.45) is 0 Å². The summed E-state index contributed by atoms with van der Waals surface area (Å²) in [5.41, 5.74) is 0.514. The molecule has 110 valence electrons. The van der Waals surface area contributed by atoms with Gasteiger partial charge in [0.2, 0.25) is 0 Å². The minimum Gasteiger partial charge on any atom is -0.456 e. The molecule has 1 amide bonds. The molecule has 2 saturated heterocycles. The monoisotopic (exact) mass is 287 g/mol. The molecule has 0 aromatic heterocycles. The summed E-state index contributed by atoms with van der Waals surface area (Å²) in [5, 5.41) is 0. The van der Waals surface area contributed by atoms with E-state index in [2.05, 4.69) is 6.58 Å². The van der Waals surface area contributed by atoms with Crippen molar-refractivity contribution in [2.45, 2.75) is 31.0 Å². The van der Waals surface area contributed by atoms with Crippen molar-refractivity contribution in [2.75, 3.05) is 6.61 Å². The van der Waals surface area contributed by atoms with Crippen molar-refractivity contribution in [1.29, 1.82) is 0 Å². The Morgan fingerprint density at radius 1 is 1.33 bits per heavy atom. The summed E-state index contributed by atoms with van der Waals surface area (Å²) in [4.78, 5) is 25.6. The van der Waals surface area contributed by atoms with Gasteiger partial charge in [0.05, 0.1) is 11.6 Å². The summed E-state index contributed by atoms with van der Waals surface area (Å²) < 4.78 is 10.7. The first-order valence-corrected chi connectivity index (χ1v) is 7.04. The highest BCUT2D eigenvalue weighted by Crippen LogP contribution is 2.31. The molecule has 2 fully saturated rings. The van der Waals surface area contributed by atoms with Gasteiger partial charge in [0.15, 0.2) is 0 Å². The first kappa shape index (κ1) is 13.7. The van der Waals surface area contributed by atoms with Crippen LogP contribution < -0.4 is 0 Å². The van der Waals surface area contributed by atoms with E-state index in [0.29, 0.717) is 12.0 Å². The molecule has 2 aliphatic heterocycles. The Kier molecular flexibility index (Phi) is 3.64. The van der Waals surface area contributed by atoms with Crippen molar-refractivity contribution >= 4 is 12.1 Å². The number of carbonyl (C=O) groups is 2. The average Bonchev–Trinajstić information content (AvgIpc) is 2.91. The van der Waals surface area contributed by atoms with E-state index in [9.17, 15) is 9.59 Å². The number of piperidine rings is 1. The van der Waals surface area contributed by atoms with Crippen LogP contribution in [-0.4, -0.2) is 41.8 Å². The number of hydrogen-bond donors (Lipinski definition) is 0. The van der Waals surface area contributed by atoms with Gasteiger partial charge in [-0.1, -0.05) is 24.3 Å². The number of nitrogens with zero attached hydrogens (tertiary/aromatic N) is 1. The van der Waals surface area contributed by atoms with E-state index in [1.165, 1.54) is 0 Å². The number of rotatable bonds is 3. The molecule has 0 spiro atoms. The number of carbonyl (C=O) groups excluding carboxylic acids is 2. The topological polar surface area (TPSA) is 55.8 Å². The molecule has 0 N–H and O–H groups in total. The molecule has 0 aliphatic carbocycles. The van der Waals surface area contributed by atoms with E-state index in [4.69, 9.17) is 9.47 Å². The Hall–Kier alpha value is -2.30. The van der Waals surface area contributed by atoms with Gasteiger partial charge < -0.3 is 9.47 Å². The van der Waals surface area contributed by atoms with Gasteiger partial charge in [-0.15, -0.1) is 6.58 Å². The van der Waals surface area contributed by atoms with Crippen LogP contribution in [0.3, 0.4) is 0 Å². The highest BCUT2D eigenvalue weighted by Gasteiger charge is 2.46. The van der Waals surface area contributed by atoms with E-state index in [1.54, 1.807) is 35.2 Å². The molecule has 1 aromatic carbocycles. The molecule has 1 aromatic rings. The Balaban J connectivity index is 1.73. The SMILES string of the molecule is C=C[C@@H]1CC[C@H](OC(=O)c2ccccc2)[C@H]2COC(=O)N12. The number of amides is 1. The van der Waals surface area contributed by atoms with Crippen LogP contribution >= 0.6 is 0 Å². The maximum atomic E-state index is 12.1. The number of ether oxygens (including phenoxy) is 2. The predicted molar refractivity (Wildman–Crippen MR) is 75.8 cm³/mol. The molecular formula is C16H17NO4. The van der Waals surface area contributed by atoms with Gasteiger partial charge in [-0.25, -0.2) is 9.59 Å². The number of cyclic esters (lactones) is 1. The molecular weight excluding hydrogens is 270 g/mol. The maximum Gasteiger partial charge on any atom is 0.410 e. The van der Waals surface area contributed by atoms with Gasteiger partial charge in [-0.05, 0) is 25.0 Å². The highest BCUT2D eigenvalue weighted by atomic mass is 16.6. The van der Waals surface area contributed by atoms with Crippen molar-refractivity contribution < 1.29 is 19.1 Å². The fourth-order valence-corrected chi connectivity index (χ4v) is 2.93. The average molecular weight is 287 g/mol. The highest BCUT2D eigenvalue weighted by molar-refractivity contribution is 5.89. The Morgan fingerprint density at radius 2 is 2.10 bits per heavy atom. The van der Waals surface area contributed by atoms with Crippen molar-refractivity contribution in [1.82, 2.24) is 4.90 Å². The van der Waals surface area contributed by atoms with Crippen molar-refractivity contribution in [3.05, 3.63) is 48.6 Å². The second-order valence-corrected chi connectivity index (χ2v) is 5.24. The molecule has 21 heavy (non-hydrogen) atoms. The van der Waals surface area contributed by atoms with E-state index < -0.39 is 0 Å². The molecule has 2 aliphatic rings. The van der Waals surface area contributed by atoms with Crippen LogP contribution in [0.2, 0.25) is 0 Å². The Morgan fingerprint density at radius 3 is 2.81 bits per heavy atom. The first-order valence-electron chi connectivity index (χ1n) is 7.04. The Bertz CT molecular complexity index is 557. The van der Waals surface area contributed by atoms with E-state index in [1.807, 2.05) is 6.07 Å². The van der Waals surface area contributed by atoms with Crippen LogP contribution in [0.25, 0.3) is 0 Å². The lowest BCUT2D eigenvalue weighted by Crippen LogP contribution is -2.52. The molecule has 0 saturated carbocycles. The second-order valence-electron chi connectivity index (χ2n) is 5.24. The zero-order valence-corrected chi connectivity index (χ0v) is 11.6. The summed E-state index contributed by atoms with van der Waals surface area (Å²) >= 11 is 0. The van der Waals surface area contributed by atoms with Gasteiger partial charge >= 0.3 is 12.1 Å². The third-order valence-corrected chi connectivity index (χ3v) is 4.02. The third kappa shape index (κ3) is 2.51. The molecule has 0 unspecified atom stereocenters. The van der Waals surface area contributed by atoms with Crippen LogP contribution in [0.5, 0.6) is 0 Å². The lowest BCUT2D eigenvalue weighted by atomic mass is 9.94. The molecule has 2 heterocycles. The lowest BCUT2D eigenvalue weighted by molar-refractivity contribution is -0.0106. The zero-order chi connectivity index (χ0) is 14.8. The molecule has 3 rings (SSSR count). The number of fused-ring (bicyclic) bond motifs is 1. The molecule has 0 bridgehead atoms. The van der Waals surface area contributed by atoms with E-state index in [-0.39, 0.29) is 36.9 Å². The normalized spacial score (nSPS) is 27.7. The summed E-state index contributed by atoms with van der Waals surface area (Å²) in [5.74, 6) is -0.364. The number of hydrogen-bond acceptors (Lipinski definition) is 4. The fraction of sp³-hybridized carbons (Fsp3) is 0.375. The van der Waals surface area contributed by atoms with Crippen LogP contribution in [0, 0.1) is 0 Å².